The maximum atomic E-state index is 12.2. The number of hydrogen-bond acceptors (Lipinski definition) is 12. The molecule has 2 aliphatic rings. The van der Waals surface area contributed by atoms with E-state index in [4.69, 9.17) is 24.7 Å². The normalized spacial score (nSPS) is 25.0. The number of H-pyrrole nitrogens is 1. The number of nitrogen functional groups attached to an aromatic ring is 1. The minimum absolute atomic E-state index is 0.130. The summed E-state index contributed by atoms with van der Waals surface area (Å²) in [6.07, 6.45) is -4.24. The largest absolute Gasteiger partial charge is 0.463 e. The van der Waals surface area contributed by atoms with Gasteiger partial charge in [-0.15, -0.1) is 0 Å². The zero-order chi connectivity index (χ0) is 22.2. The molecule has 1 saturated heterocycles. The predicted molar refractivity (Wildman–Crippen MR) is 103 cm³/mol. The fraction of sp³-hybridized carbons (Fsp3) is 0.471. The van der Waals surface area contributed by atoms with Gasteiger partial charge in [-0.05, 0) is 0 Å². The minimum Gasteiger partial charge on any atom is -0.463 e. The van der Waals surface area contributed by atoms with Crippen LogP contribution in [0.15, 0.2) is 21.3 Å². The summed E-state index contributed by atoms with van der Waals surface area (Å²) in [6.45, 7) is 7.23. The number of carbonyl (C=O) groups is 3. The van der Waals surface area contributed by atoms with Crippen LogP contribution in [0, 0.1) is 0 Å². The van der Waals surface area contributed by atoms with Crippen LogP contribution in [0.1, 0.15) is 20.8 Å². The van der Waals surface area contributed by atoms with Gasteiger partial charge >= 0.3 is 17.9 Å². The quantitative estimate of drug-likeness (QED) is 0.462. The van der Waals surface area contributed by atoms with Crippen LogP contribution >= 0.6 is 11.8 Å². The van der Waals surface area contributed by atoms with Crippen LogP contribution in [-0.4, -0.2) is 59.0 Å². The molecule has 12 nitrogen and oxygen atoms in total. The third kappa shape index (κ3) is 4.26. The average Bonchev–Trinajstić information content (AvgIpc) is 3.10. The molecule has 0 radical (unpaired) electrons. The second-order valence-corrected chi connectivity index (χ2v) is 7.57. The van der Waals surface area contributed by atoms with Crippen molar-refractivity contribution in [1.29, 1.82) is 0 Å². The molecule has 0 unspecified atom stereocenters. The lowest BCUT2D eigenvalue weighted by molar-refractivity contribution is -0.165. The second kappa shape index (κ2) is 8.36. The van der Waals surface area contributed by atoms with Crippen molar-refractivity contribution in [1.82, 2.24) is 9.97 Å². The number of nitrogens with two attached hydrogens (primary N) is 1. The Kier molecular flexibility index (Phi) is 6.03. The van der Waals surface area contributed by atoms with Gasteiger partial charge < -0.3 is 24.7 Å². The summed E-state index contributed by atoms with van der Waals surface area (Å²) in [6, 6.07) is 0. The first-order valence-corrected chi connectivity index (χ1v) is 9.59. The molecule has 13 heteroatoms. The van der Waals surface area contributed by atoms with Crippen molar-refractivity contribution in [2.24, 2.45) is 0 Å². The first-order valence-electron chi connectivity index (χ1n) is 8.77. The zero-order valence-corrected chi connectivity index (χ0v) is 17.2. The number of carbonyl (C=O) groups excluding carboxylic acids is 3. The van der Waals surface area contributed by atoms with Crippen LogP contribution in [0.3, 0.4) is 0 Å². The van der Waals surface area contributed by atoms with Crippen LogP contribution in [-0.2, 0) is 33.3 Å². The predicted octanol–water partition coefficient (Wildman–Crippen LogP) is -0.113. The molecule has 1 fully saturated rings. The van der Waals surface area contributed by atoms with Gasteiger partial charge in [-0.1, -0.05) is 18.3 Å². The van der Waals surface area contributed by atoms with Crippen molar-refractivity contribution >= 4 is 41.4 Å². The lowest BCUT2D eigenvalue weighted by Gasteiger charge is -2.30. The molecule has 1 aromatic rings. The lowest BCUT2D eigenvalue weighted by atomic mass is 10.1. The highest BCUT2D eigenvalue weighted by Crippen LogP contribution is 2.46. The van der Waals surface area contributed by atoms with E-state index in [0.717, 1.165) is 11.8 Å². The Morgan fingerprint density at radius 1 is 1.20 bits per heavy atom. The van der Waals surface area contributed by atoms with Crippen molar-refractivity contribution in [2.75, 3.05) is 17.2 Å². The molecule has 162 valence electrons. The van der Waals surface area contributed by atoms with E-state index < -0.39 is 48.0 Å². The van der Waals surface area contributed by atoms with Gasteiger partial charge in [0.2, 0.25) is 5.95 Å². The van der Waals surface area contributed by atoms with Crippen LogP contribution in [0.2, 0.25) is 0 Å². The highest BCUT2D eigenvalue weighted by molar-refractivity contribution is 8.03. The Hall–Kier alpha value is -3.06. The Labute approximate surface area is 174 Å². The maximum absolute atomic E-state index is 12.2. The standard InChI is InChI=1S/C17H20N4O8S/c1-6-21(14-13(30-6)15(25)20-17(18)19-14)16-12(28-9(4)24)11(27-8(3)23)10(29-16)5-26-7(2)22/h10-12,16H,1,5H2,2-4H3,(H3,18,19,20,25)/t10-,11-,12-,16-/m1/s1. The number of hydrogen-bond donors (Lipinski definition) is 2. The molecule has 4 atom stereocenters. The molecule has 0 aliphatic carbocycles. The molecule has 2 aliphatic heterocycles. The lowest BCUT2D eigenvalue weighted by Crippen LogP contribution is -2.46. The number of ether oxygens (including phenoxy) is 4. The molecule has 30 heavy (non-hydrogen) atoms. The maximum Gasteiger partial charge on any atom is 0.303 e. The van der Waals surface area contributed by atoms with Crippen LogP contribution < -0.4 is 16.2 Å². The van der Waals surface area contributed by atoms with Gasteiger partial charge in [0.25, 0.3) is 5.56 Å². The summed E-state index contributed by atoms with van der Waals surface area (Å²) < 4.78 is 21.7. The van der Waals surface area contributed by atoms with Gasteiger partial charge in [-0.3, -0.25) is 29.1 Å². The van der Waals surface area contributed by atoms with E-state index in [1.165, 1.54) is 25.7 Å². The fourth-order valence-corrected chi connectivity index (χ4v) is 4.07. The molecule has 0 spiro atoms. The third-order valence-corrected chi connectivity index (χ3v) is 5.19. The van der Waals surface area contributed by atoms with E-state index >= 15 is 0 Å². The molecular formula is C17H20N4O8S. The Bertz CT molecular complexity index is 964. The van der Waals surface area contributed by atoms with Crippen molar-refractivity contribution in [2.45, 2.75) is 50.2 Å². The molecule has 0 aromatic carbocycles. The third-order valence-electron chi connectivity index (χ3n) is 4.19. The Morgan fingerprint density at radius 2 is 1.83 bits per heavy atom. The highest BCUT2D eigenvalue weighted by atomic mass is 32.2. The summed E-state index contributed by atoms with van der Waals surface area (Å²) in [7, 11) is 0. The van der Waals surface area contributed by atoms with E-state index in [9.17, 15) is 19.2 Å². The summed E-state index contributed by atoms with van der Waals surface area (Å²) >= 11 is 1.03. The van der Waals surface area contributed by atoms with E-state index in [1.54, 1.807) is 0 Å². The van der Waals surface area contributed by atoms with Crippen molar-refractivity contribution in [3.63, 3.8) is 0 Å². The van der Waals surface area contributed by atoms with Crippen LogP contribution in [0.25, 0.3) is 0 Å². The number of thioether (sulfide) groups is 1. The zero-order valence-electron chi connectivity index (χ0n) is 16.4. The number of anilines is 2. The van der Waals surface area contributed by atoms with Gasteiger partial charge in [0.15, 0.2) is 24.3 Å². The molecular weight excluding hydrogens is 420 g/mol. The number of aromatic nitrogens is 2. The SMILES string of the molecule is C=C1Sc2c(nc(N)[nH]c2=O)N1[C@@H]1O[C@H](COC(C)=O)[C@@H](OC(C)=O)[C@H]1OC(C)=O. The molecule has 3 N–H and O–H groups in total. The van der Waals surface area contributed by atoms with Gasteiger partial charge in [-0.2, -0.15) is 4.98 Å². The second-order valence-electron chi connectivity index (χ2n) is 6.49. The van der Waals surface area contributed by atoms with Crippen molar-refractivity contribution in [3.05, 3.63) is 22.0 Å². The number of aromatic amines is 1. The minimum atomic E-state index is -1.13. The van der Waals surface area contributed by atoms with Crippen LogP contribution in [0.5, 0.6) is 0 Å². The topological polar surface area (TPSA) is 163 Å². The summed E-state index contributed by atoms with van der Waals surface area (Å²) in [5.74, 6) is -1.85. The number of esters is 3. The van der Waals surface area contributed by atoms with Crippen molar-refractivity contribution in [3.8, 4) is 0 Å². The number of nitrogens with zero attached hydrogens (tertiary/aromatic N) is 2. The summed E-state index contributed by atoms with van der Waals surface area (Å²) in [5, 5.41) is 0.352. The smallest absolute Gasteiger partial charge is 0.303 e. The molecule has 0 saturated carbocycles. The molecule has 3 heterocycles. The molecule has 1 aromatic heterocycles. The van der Waals surface area contributed by atoms with E-state index in [0.29, 0.717) is 5.03 Å². The van der Waals surface area contributed by atoms with Gasteiger partial charge in [-0.25, -0.2) is 0 Å². The molecule has 0 amide bonds. The van der Waals surface area contributed by atoms with E-state index in [2.05, 4.69) is 16.5 Å². The summed E-state index contributed by atoms with van der Waals surface area (Å²) in [4.78, 5) is 55.1. The number of nitrogens with one attached hydrogen (secondary N) is 1. The average molecular weight is 440 g/mol. The van der Waals surface area contributed by atoms with Gasteiger partial charge in [0.05, 0.1) is 5.03 Å². The molecule has 3 rings (SSSR count). The first kappa shape index (κ1) is 21.6. The van der Waals surface area contributed by atoms with E-state index in [1.807, 2.05) is 0 Å². The van der Waals surface area contributed by atoms with Crippen LogP contribution in [0.4, 0.5) is 11.8 Å². The Morgan fingerprint density at radius 3 is 2.43 bits per heavy atom. The number of rotatable bonds is 5. The van der Waals surface area contributed by atoms with Gasteiger partial charge in [0.1, 0.15) is 17.6 Å². The first-order chi connectivity index (χ1) is 14.1. The summed E-state index contributed by atoms with van der Waals surface area (Å²) in [5.41, 5.74) is 5.20. The van der Waals surface area contributed by atoms with Crippen molar-refractivity contribution < 1.29 is 33.3 Å². The monoisotopic (exact) mass is 440 g/mol. The van der Waals surface area contributed by atoms with Gasteiger partial charge in [0, 0.05) is 20.8 Å². The highest BCUT2D eigenvalue weighted by Gasteiger charge is 2.54. The van der Waals surface area contributed by atoms with E-state index in [-0.39, 0.29) is 23.3 Å². The Balaban J connectivity index is 2.02. The number of fused-ring (bicyclic) bond motifs is 1. The fourth-order valence-electron chi connectivity index (χ4n) is 3.17. The molecule has 0 bridgehead atoms.